The molecule has 3 heterocycles. The minimum absolute atomic E-state index is 0.00505. The van der Waals surface area contributed by atoms with Gasteiger partial charge in [0.2, 0.25) is 17.7 Å². The Kier molecular flexibility index (Phi) is 6.79. The van der Waals surface area contributed by atoms with Gasteiger partial charge in [-0.2, -0.15) is 0 Å². The van der Waals surface area contributed by atoms with Gasteiger partial charge in [0.1, 0.15) is 23.5 Å². The van der Waals surface area contributed by atoms with Crippen molar-refractivity contribution in [3.05, 3.63) is 28.9 Å². The number of nitrogens with two attached hydrogens (primary N) is 1. The van der Waals surface area contributed by atoms with E-state index in [2.05, 4.69) is 15.6 Å². The highest BCUT2D eigenvalue weighted by atomic mass is 35.5. The van der Waals surface area contributed by atoms with Crippen LogP contribution in [0.2, 0.25) is 5.02 Å². The molecule has 2 saturated heterocycles. The van der Waals surface area contributed by atoms with E-state index in [1.54, 1.807) is 23.1 Å². The van der Waals surface area contributed by atoms with Crippen LogP contribution in [0.1, 0.15) is 56.4 Å². The standard InChI is InChI=1S/C27H34ClN5O5/c1-27(2)11-14(24(35)32-27)7-19(23(29)34)31-25(36)22-16-6-4-5-13(16)12-33(22)26(37)20-10-17-18(30-20)8-15(28)9-21(17)38-3/h8-10,13-14,16,19,22,30H,4-7,11-12H2,1-3H3,(H2,29,34)(H,31,36)(H,32,35)/t13?,14?,16?,19?,22-/m0/s1. The molecular weight excluding hydrogens is 510 g/mol. The first-order valence-electron chi connectivity index (χ1n) is 13.1. The molecule has 5 rings (SSSR count). The van der Waals surface area contributed by atoms with Crippen molar-refractivity contribution in [1.29, 1.82) is 0 Å². The van der Waals surface area contributed by atoms with E-state index in [1.165, 1.54) is 7.11 Å². The van der Waals surface area contributed by atoms with E-state index in [9.17, 15) is 19.2 Å². The van der Waals surface area contributed by atoms with Gasteiger partial charge >= 0.3 is 0 Å². The highest BCUT2D eigenvalue weighted by Crippen LogP contribution is 2.43. The molecule has 2 aromatic rings. The molecule has 3 fully saturated rings. The number of primary amides is 1. The summed E-state index contributed by atoms with van der Waals surface area (Å²) in [5.41, 5.74) is 6.26. The normalized spacial score (nSPS) is 26.7. The van der Waals surface area contributed by atoms with E-state index < -0.39 is 29.8 Å². The fourth-order valence-corrected chi connectivity index (χ4v) is 6.84. The fraction of sp³-hybridized carbons (Fsp3) is 0.556. The molecule has 4 amide bonds. The van der Waals surface area contributed by atoms with Gasteiger partial charge in [0.25, 0.3) is 5.91 Å². The number of aromatic amines is 1. The van der Waals surface area contributed by atoms with Crippen molar-refractivity contribution in [3.8, 4) is 5.75 Å². The molecule has 0 radical (unpaired) electrons. The highest BCUT2D eigenvalue weighted by molar-refractivity contribution is 6.31. The van der Waals surface area contributed by atoms with E-state index in [4.69, 9.17) is 22.1 Å². The minimum Gasteiger partial charge on any atom is -0.496 e. The monoisotopic (exact) mass is 543 g/mol. The van der Waals surface area contributed by atoms with Crippen LogP contribution >= 0.6 is 11.6 Å². The zero-order valence-electron chi connectivity index (χ0n) is 21.8. The van der Waals surface area contributed by atoms with Crippen molar-refractivity contribution in [1.82, 2.24) is 20.5 Å². The Morgan fingerprint density at radius 2 is 2.03 bits per heavy atom. The number of hydrogen-bond donors (Lipinski definition) is 4. The summed E-state index contributed by atoms with van der Waals surface area (Å²) in [4.78, 5) is 56.9. The van der Waals surface area contributed by atoms with Gasteiger partial charge < -0.3 is 31.0 Å². The van der Waals surface area contributed by atoms with Crippen LogP contribution in [0.4, 0.5) is 0 Å². The lowest BCUT2D eigenvalue weighted by Gasteiger charge is -2.28. The summed E-state index contributed by atoms with van der Waals surface area (Å²) in [5.74, 6) is -1.26. The third-order valence-corrected chi connectivity index (χ3v) is 8.52. The number of nitrogens with one attached hydrogen (secondary N) is 3. The molecule has 1 aliphatic carbocycles. The van der Waals surface area contributed by atoms with E-state index in [0.717, 1.165) is 19.3 Å². The van der Waals surface area contributed by atoms with Crippen molar-refractivity contribution in [2.45, 2.75) is 63.6 Å². The molecule has 38 heavy (non-hydrogen) atoms. The summed E-state index contributed by atoms with van der Waals surface area (Å²) < 4.78 is 5.42. The maximum Gasteiger partial charge on any atom is 0.271 e. The van der Waals surface area contributed by atoms with Gasteiger partial charge in [-0.05, 0) is 69.6 Å². The van der Waals surface area contributed by atoms with Gasteiger partial charge in [0.05, 0.1) is 12.6 Å². The summed E-state index contributed by atoms with van der Waals surface area (Å²) in [7, 11) is 1.53. The lowest BCUT2D eigenvalue weighted by Crippen LogP contribution is -2.54. The van der Waals surface area contributed by atoms with Crippen LogP contribution in [-0.4, -0.2) is 64.8 Å². The Hall–Kier alpha value is -3.27. The van der Waals surface area contributed by atoms with Crippen LogP contribution in [0.3, 0.4) is 0 Å². The van der Waals surface area contributed by atoms with Gasteiger partial charge in [-0.1, -0.05) is 18.0 Å². The van der Waals surface area contributed by atoms with Crippen LogP contribution in [0, 0.1) is 17.8 Å². The molecule has 5 atom stereocenters. The van der Waals surface area contributed by atoms with E-state index in [-0.39, 0.29) is 35.6 Å². The Balaban J connectivity index is 1.38. The van der Waals surface area contributed by atoms with Gasteiger partial charge in [-0.3, -0.25) is 19.2 Å². The predicted octanol–water partition coefficient (Wildman–Crippen LogP) is 2.35. The molecule has 0 spiro atoms. The third kappa shape index (κ3) is 4.81. The molecule has 204 valence electrons. The lowest BCUT2D eigenvalue weighted by atomic mass is 9.90. The first-order valence-corrected chi connectivity index (χ1v) is 13.4. The first-order chi connectivity index (χ1) is 18.0. The number of carbonyl (C=O) groups excluding carboxylic acids is 4. The van der Waals surface area contributed by atoms with Gasteiger partial charge in [-0.15, -0.1) is 0 Å². The van der Waals surface area contributed by atoms with E-state index in [0.29, 0.717) is 40.3 Å². The molecule has 1 aromatic carbocycles. The van der Waals surface area contributed by atoms with Crippen molar-refractivity contribution in [2.24, 2.45) is 23.5 Å². The number of rotatable bonds is 7. The maximum atomic E-state index is 13.8. The highest BCUT2D eigenvalue weighted by Gasteiger charge is 2.50. The summed E-state index contributed by atoms with van der Waals surface area (Å²) >= 11 is 6.20. The Labute approximate surface area is 226 Å². The summed E-state index contributed by atoms with van der Waals surface area (Å²) in [6.07, 6.45) is 3.40. The van der Waals surface area contributed by atoms with Crippen molar-refractivity contribution < 1.29 is 23.9 Å². The number of halogens is 1. The summed E-state index contributed by atoms with van der Waals surface area (Å²) in [6, 6.07) is 3.37. The number of ether oxygens (including phenoxy) is 1. The van der Waals surface area contributed by atoms with Gasteiger partial charge in [-0.25, -0.2) is 0 Å². The largest absolute Gasteiger partial charge is 0.496 e. The summed E-state index contributed by atoms with van der Waals surface area (Å²) in [6.45, 7) is 4.28. The number of hydrogen-bond acceptors (Lipinski definition) is 5. The molecule has 4 unspecified atom stereocenters. The third-order valence-electron chi connectivity index (χ3n) is 8.30. The number of benzene rings is 1. The predicted molar refractivity (Wildman–Crippen MR) is 142 cm³/mol. The van der Waals surface area contributed by atoms with Crippen LogP contribution in [0.15, 0.2) is 18.2 Å². The Morgan fingerprint density at radius 1 is 1.26 bits per heavy atom. The molecule has 2 aliphatic heterocycles. The van der Waals surface area contributed by atoms with Crippen LogP contribution in [0.5, 0.6) is 5.75 Å². The average Bonchev–Trinajstić information content (AvgIpc) is 3.59. The van der Waals surface area contributed by atoms with E-state index in [1.807, 2.05) is 13.8 Å². The number of amides is 4. The Morgan fingerprint density at radius 3 is 2.68 bits per heavy atom. The van der Waals surface area contributed by atoms with Crippen LogP contribution in [-0.2, 0) is 14.4 Å². The van der Waals surface area contributed by atoms with Crippen LogP contribution in [0.25, 0.3) is 10.9 Å². The Bertz CT molecular complexity index is 1310. The van der Waals surface area contributed by atoms with Crippen molar-refractivity contribution in [2.75, 3.05) is 13.7 Å². The first kappa shape index (κ1) is 26.3. The molecule has 3 aliphatic rings. The molecule has 10 nitrogen and oxygen atoms in total. The quantitative estimate of drug-likeness (QED) is 0.423. The van der Waals surface area contributed by atoms with Crippen LogP contribution < -0.4 is 21.1 Å². The maximum absolute atomic E-state index is 13.8. The SMILES string of the molecule is COc1cc(Cl)cc2[nH]c(C(=O)N3CC4CCCC4[C@H]3C(=O)NC(CC3CC(C)(C)NC3=O)C(N)=O)cc12. The number of H-pyrrole nitrogens is 1. The van der Waals surface area contributed by atoms with E-state index >= 15 is 0 Å². The zero-order valence-corrected chi connectivity index (χ0v) is 22.6. The molecule has 5 N–H and O–H groups in total. The molecule has 11 heteroatoms. The topological polar surface area (TPSA) is 147 Å². The minimum atomic E-state index is -1.01. The molecule has 1 saturated carbocycles. The number of carbonyl (C=O) groups is 4. The fourth-order valence-electron chi connectivity index (χ4n) is 6.63. The van der Waals surface area contributed by atoms with Crippen molar-refractivity contribution >= 4 is 46.1 Å². The number of aromatic nitrogens is 1. The molecule has 1 aromatic heterocycles. The number of fused-ring (bicyclic) bond motifs is 2. The number of methoxy groups -OCH3 is 1. The zero-order chi connectivity index (χ0) is 27.4. The molecule has 0 bridgehead atoms. The molecular formula is C27H34ClN5O5. The smallest absolute Gasteiger partial charge is 0.271 e. The second-order valence-corrected chi connectivity index (χ2v) is 11.9. The second-order valence-electron chi connectivity index (χ2n) is 11.5. The number of nitrogens with zero attached hydrogens (tertiary/aromatic N) is 1. The van der Waals surface area contributed by atoms with Gasteiger partial charge in [0.15, 0.2) is 0 Å². The van der Waals surface area contributed by atoms with Gasteiger partial charge in [0, 0.05) is 28.4 Å². The number of likely N-dealkylation sites (tertiary alicyclic amines) is 1. The second kappa shape index (κ2) is 9.80. The lowest BCUT2D eigenvalue weighted by molar-refractivity contribution is -0.131. The average molecular weight is 544 g/mol. The summed E-state index contributed by atoms with van der Waals surface area (Å²) in [5, 5.41) is 6.90. The van der Waals surface area contributed by atoms with Crippen molar-refractivity contribution in [3.63, 3.8) is 0 Å².